The van der Waals surface area contributed by atoms with Crippen molar-refractivity contribution in [2.24, 2.45) is 0 Å². The Balaban J connectivity index is 1.67. The van der Waals surface area contributed by atoms with Crippen molar-refractivity contribution in [1.29, 1.82) is 0 Å². The number of ether oxygens (including phenoxy) is 1. The van der Waals surface area contributed by atoms with Crippen molar-refractivity contribution in [1.82, 2.24) is 9.62 Å². The van der Waals surface area contributed by atoms with Crippen LogP contribution in [-0.2, 0) is 21.3 Å². The largest absolute Gasteiger partial charge is 0.377 e. The van der Waals surface area contributed by atoms with Crippen LogP contribution in [0.4, 0.5) is 11.4 Å². The molecule has 1 atom stereocenters. The molecular formula is C22H30N4O5S. The van der Waals surface area contributed by atoms with Gasteiger partial charge < -0.3 is 10.1 Å². The maximum Gasteiger partial charge on any atom is 0.293 e. The number of hydrogen-bond donors (Lipinski definition) is 2. The summed E-state index contributed by atoms with van der Waals surface area (Å²) in [6, 6.07) is 14.0. The number of nitro groups is 1. The average molecular weight is 463 g/mol. The topological polar surface area (TPSA) is 114 Å². The van der Waals surface area contributed by atoms with Gasteiger partial charge in [0.1, 0.15) is 5.69 Å². The van der Waals surface area contributed by atoms with Crippen LogP contribution in [0.25, 0.3) is 0 Å². The highest BCUT2D eigenvalue weighted by atomic mass is 32.2. The molecule has 3 rings (SSSR count). The Morgan fingerprint density at radius 2 is 1.91 bits per heavy atom. The number of sulfonamides is 1. The number of hydrogen-bond acceptors (Lipinski definition) is 7. The SMILES string of the molecule is CC(C)(C)NS(=O)(=O)c1ccc(NC[C@H]2CN(Cc3ccccc3)CCO2)c([N+](=O)[O-])c1. The zero-order chi connectivity index (χ0) is 23.4. The van der Waals surface area contributed by atoms with E-state index in [1.807, 2.05) is 18.2 Å². The summed E-state index contributed by atoms with van der Waals surface area (Å²) in [7, 11) is -3.88. The lowest BCUT2D eigenvalue weighted by molar-refractivity contribution is -0.384. The first-order valence-electron chi connectivity index (χ1n) is 10.5. The summed E-state index contributed by atoms with van der Waals surface area (Å²) in [6.07, 6.45) is -0.141. The van der Waals surface area contributed by atoms with Gasteiger partial charge in [-0.05, 0) is 38.5 Å². The van der Waals surface area contributed by atoms with Crippen LogP contribution in [0.3, 0.4) is 0 Å². The van der Waals surface area contributed by atoms with Gasteiger partial charge in [-0.2, -0.15) is 0 Å². The summed E-state index contributed by atoms with van der Waals surface area (Å²) in [6.45, 7) is 8.40. The Morgan fingerprint density at radius 3 is 2.56 bits per heavy atom. The molecule has 0 aliphatic carbocycles. The third kappa shape index (κ3) is 6.73. The van der Waals surface area contributed by atoms with Gasteiger partial charge in [0.2, 0.25) is 10.0 Å². The molecule has 1 aliphatic heterocycles. The lowest BCUT2D eigenvalue weighted by Gasteiger charge is -2.33. The zero-order valence-corrected chi connectivity index (χ0v) is 19.4. The minimum Gasteiger partial charge on any atom is -0.377 e. The van der Waals surface area contributed by atoms with E-state index in [4.69, 9.17) is 4.74 Å². The number of benzene rings is 2. The maximum absolute atomic E-state index is 12.5. The first kappa shape index (κ1) is 24.1. The van der Waals surface area contributed by atoms with Crippen LogP contribution in [0.1, 0.15) is 26.3 Å². The van der Waals surface area contributed by atoms with Crippen LogP contribution in [0.2, 0.25) is 0 Å². The van der Waals surface area contributed by atoms with E-state index in [1.54, 1.807) is 20.8 Å². The number of nitro benzene ring substituents is 1. The van der Waals surface area contributed by atoms with Crippen LogP contribution in [0.5, 0.6) is 0 Å². The lowest BCUT2D eigenvalue weighted by atomic mass is 10.1. The first-order chi connectivity index (χ1) is 15.0. The predicted octanol–water partition coefficient (Wildman–Crippen LogP) is 2.98. The van der Waals surface area contributed by atoms with Crippen LogP contribution in [0, 0.1) is 10.1 Å². The smallest absolute Gasteiger partial charge is 0.293 e. The summed E-state index contributed by atoms with van der Waals surface area (Å²) in [5.74, 6) is 0. The molecule has 2 aromatic carbocycles. The molecule has 32 heavy (non-hydrogen) atoms. The van der Waals surface area contributed by atoms with Gasteiger partial charge in [0, 0.05) is 37.8 Å². The van der Waals surface area contributed by atoms with Crippen molar-refractivity contribution in [2.45, 2.75) is 43.9 Å². The highest BCUT2D eigenvalue weighted by Crippen LogP contribution is 2.28. The molecule has 9 nitrogen and oxygen atoms in total. The van der Waals surface area contributed by atoms with Crippen molar-refractivity contribution >= 4 is 21.4 Å². The molecule has 1 heterocycles. The molecule has 2 aromatic rings. The van der Waals surface area contributed by atoms with Crippen LogP contribution in [-0.4, -0.2) is 56.1 Å². The minimum atomic E-state index is -3.88. The van der Waals surface area contributed by atoms with Gasteiger partial charge in [0.05, 0.1) is 22.5 Å². The Kier molecular flexibility index (Phi) is 7.50. The molecule has 1 aliphatic rings. The molecule has 1 fully saturated rings. The van der Waals surface area contributed by atoms with Gasteiger partial charge in [-0.15, -0.1) is 0 Å². The fraction of sp³-hybridized carbons (Fsp3) is 0.455. The Labute approximate surface area is 189 Å². The molecule has 0 bridgehead atoms. The molecule has 0 unspecified atom stereocenters. The molecule has 0 saturated carbocycles. The summed E-state index contributed by atoms with van der Waals surface area (Å²) in [4.78, 5) is 13.2. The zero-order valence-electron chi connectivity index (χ0n) is 18.6. The van der Waals surface area contributed by atoms with Gasteiger partial charge in [0.25, 0.3) is 5.69 Å². The fourth-order valence-electron chi connectivity index (χ4n) is 3.55. The van der Waals surface area contributed by atoms with E-state index in [2.05, 4.69) is 27.1 Å². The van der Waals surface area contributed by atoms with E-state index in [0.717, 1.165) is 19.2 Å². The number of rotatable bonds is 8. The Hall–Kier alpha value is -2.53. The molecule has 1 saturated heterocycles. The van der Waals surface area contributed by atoms with E-state index in [9.17, 15) is 18.5 Å². The average Bonchev–Trinajstić information content (AvgIpc) is 2.71. The van der Waals surface area contributed by atoms with Gasteiger partial charge >= 0.3 is 0 Å². The number of nitrogens with one attached hydrogen (secondary N) is 2. The van der Waals surface area contributed by atoms with Crippen molar-refractivity contribution in [3.63, 3.8) is 0 Å². The van der Waals surface area contributed by atoms with Gasteiger partial charge in [-0.1, -0.05) is 30.3 Å². The standard InChI is InChI=1S/C22H30N4O5S/c1-22(2,3)24-32(29,30)19-9-10-20(21(13-19)26(27)28)23-14-18-16-25(11-12-31-18)15-17-7-5-4-6-8-17/h4-10,13,18,23-24H,11-12,14-16H2,1-3H3/t18-/m0/s1. The molecule has 0 radical (unpaired) electrons. The predicted molar refractivity (Wildman–Crippen MR) is 123 cm³/mol. The van der Waals surface area contributed by atoms with Crippen LogP contribution < -0.4 is 10.0 Å². The van der Waals surface area contributed by atoms with Crippen molar-refractivity contribution < 1.29 is 18.1 Å². The van der Waals surface area contributed by atoms with Gasteiger partial charge in [-0.3, -0.25) is 15.0 Å². The van der Waals surface area contributed by atoms with Gasteiger partial charge in [-0.25, -0.2) is 13.1 Å². The fourth-order valence-corrected chi connectivity index (χ4v) is 4.99. The summed E-state index contributed by atoms with van der Waals surface area (Å²) in [5.41, 5.74) is 0.485. The highest BCUT2D eigenvalue weighted by Gasteiger charge is 2.26. The van der Waals surface area contributed by atoms with E-state index >= 15 is 0 Å². The first-order valence-corrected chi connectivity index (χ1v) is 12.0. The Morgan fingerprint density at radius 1 is 1.19 bits per heavy atom. The second kappa shape index (κ2) is 9.95. The van der Waals surface area contributed by atoms with Crippen molar-refractivity contribution in [3.05, 3.63) is 64.2 Å². The summed E-state index contributed by atoms with van der Waals surface area (Å²) >= 11 is 0. The molecule has 0 spiro atoms. The third-order valence-electron chi connectivity index (χ3n) is 4.91. The van der Waals surface area contributed by atoms with Crippen molar-refractivity contribution in [2.75, 3.05) is 31.6 Å². The maximum atomic E-state index is 12.5. The molecule has 174 valence electrons. The molecular weight excluding hydrogens is 432 g/mol. The van der Waals surface area contributed by atoms with E-state index < -0.39 is 20.5 Å². The molecule has 10 heteroatoms. The van der Waals surface area contributed by atoms with Crippen LogP contribution in [0.15, 0.2) is 53.4 Å². The second-order valence-corrected chi connectivity index (χ2v) is 10.6. The summed E-state index contributed by atoms with van der Waals surface area (Å²) < 4.78 is 33.4. The van der Waals surface area contributed by atoms with E-state index in [1.165, 1.54) is 17.7 Å². The number of anilines is 1. The number of nitrogens with zero attached hydrogens (tertiary/aromatic N) is 2. The monoisotopic (exact) mass is 462 g/mol. The molecule has 0 aromatic heterocycles. The van der Waals surface area contributed by atoms with Gasteiger partial charge in [0.15, 0.2) is 0 Å². The lowest BCUT2D eigenvalue weighted by Crippen LogP contribution is -2.44. The number of morpholine rings is 1. The Bertz CT molecular complexity index is 1040. The van der Waals surface area contributed by atoms with E-state index in [0.29, 0.717) is 19.7 Å². The summed E-state index contributed by atoms with van der Waals surface area (Å²) in [5, 5.41) is 14.7. The molecule has 0 amide bonds. The third-order valence-corrected chi connectivity index (χ3v) is 6.66. The normalized spacial score (nSPS) is 17.8. The van der Waals surface area contributed by atoms with Crippen LogP contribution >= 0.6 is 0 Å². The second-order valence-electron chi connectivity index (χ2n) is 8.89. The van der Waals surface area contributed by atoms with Crippen molar-refractivity contribution in [3.8, 4) is 0 Å². The van der Waals surface area contributed by atoms with E-state index in [-0.39, 0.29) is 22.4 Å². The quantitative estimate of drug-likeness (QED) is 0.458. The minimum absolute atomic E-state index is 0.141. The molecule has 2 N–H and O–H groups in total. The highest BCUT2D eigenvalue weighted by molar-refractivity contribution is 7.89.